The Balaban J connectivity index is 2.01. The third-order valence-electron chi connectivity index (χ3n) is 3.72. The minimum absolute atomic E-state index is 0.352. The van der Waals surface area contributed by atoms with E-state index in [4.69, 9.17) is 10.2 Å². The molecule has 1 aliphatic rings. The number of nitrogens with two attached hydrogens (primary N) is 1. The molecule has 0 unspecified atom stereocenters. The van der Waals surface area contributed by atoms with E-state index >= 15 is 0 Å². The lowest BCUT2D eigenvalue weighted by Gasteiger charge is -2.23. The summed E-state index contributed by atoms with van der Waals surface area (Å²) >= 11 is 0. The van der Waals surface area contributed by atoms with E-state index in [9.17, 15) is 0 Å². The van der Waals surface area contributed by atoms with E-state index in [0.717, 1.165) is 29.8 Å². The molecule has 3 heteroatoms. The highest BCUT2D eigenvalue weighted by Gasteiger charge is 2.33. The lowest BCUT2D eigenvalue weighted by atomic mass is 9.91. The van der Waals surface area contributed by atoms with Gasteiger partial charge in [-0.1, -0.05) is 37.8 Å². The molecule has 0 bridgehead atoms. The minimum atomic E-state index is -0.352. The lowest BCUT2D eigenvalue weighted by Crippen LogP contribution is -2.36. The highest BCUT2D eigenvalue weighted by molar-refractivity contribution is 5.72. The Morgan fingerprint density at radius 3 is 2.47 bits per heavy atom. The first-order valence-electron chi connectivity index (χ1n) is 6.43. The summed E-state index contributed by atoms with van der Waals surface area (Å²) in [5.74, 6) is 0.723. The fourth-order valence-electron chi connectivity index (χ4n) is 2.66. The molecular formula is C14H18N2O. The number of hydrogen-bond acceptors (Lipinski definition) is 3. The van der Waals surface area contributed by atoms with Crippen LogP contribution in [0.25, 0.3) is 11.1 Å². The maximum absolute atomic E-state index is 6.49. The van der Waals surface area contributed by atoms with Crippen LogP contribution in [0.4, 0.5) is 0 Å². The average molecular weight is 230 g/mol. The number of para-hydroxylation sites is 2. The van der Waals surface area contributed by atoms with Crippen molar-refractivity contribution < 1.29 is 4.42 Å². The van der Waals surface area contributed by atoms with Gasteiger partial charge in [-0.25, -0.2) is 4.98 Å². The molecule has 0 amide bonds. The summed E-state index contributed by atoms with van der Waals surface area (Å²) in [7, 11) is 0. The lowest BCUT2D eigenvalue weighted by molar-refractivity contribution is 0.301. The molecule has 2 N–H and O–H groups in total. The molecular weight excluding hydrogens is 212 g/mol. The molecule has 1 heterocycles. The molecule has 1 saturated carbocycles. The van der Waals surface area contributed by atoms with Crippen molar-refractivity contribution in [3.63, 3.8) is 0 Å². The van der Waals surface area contributed by atoms with Gasteiger partial charge in [-0.15, -0.1) is 0 Å². The molecule has 90 valence electrons. The predicted molar refractivity (Wildman–Crippen MR) is 67.6 cm³/mol. The Bertz CT molecular complexity index is 477. The van der Waals surface area contributed by atoms with Crippen LogP contribution < -0.4 is 5.73 Å². The van der Waals surface area contributed by atoms with Crippen LogP contribution in [0, 0.1) is 0 Å². The van der Waals surface area contributed by atoms with Crippen LogP contribution in [0.2, 0.25) is 0 Å². The highest BCUT2D eigenvalue weighted by Crippen LogP contribution is 2.34. The highest BCUT2D eigenvalue weighted by atomic mass is 16.4. The van der Waals surface area contributed by atoms with Gasteiger partial charge in [0.2, 0.25) is 5.89 Å². The number of aromatic nitrogens is 1. The van der Waals surface area contributed by atoms with Gasteiger partial charge in [-0.3, -0.25) is 0 Å². The maximum Gasteiger partial charge on any atom is 0.215 e. The van der Waals surface area contributed by atoms with Crippen molar-refractivity contribution in [2.24, 2.45) is 5.73 Å². The molecule has 1 aromatic heterocycles. The van der Waals surface area contributed by atoms with Gasteiger partial charge < -0.3 is 10.2 Å². The third kappa shape index (κ3) is 1.95. The summed E-state index contributed by atoms with van der Waals surface area (Å²) in [5.41, 5.74) is 7.89. The molecule has 17 heavy (non-hydrogen) atoms. The molecule has 0 radical (unpaired) electrons. The number of nitrogens with zero attached hydrogens (tertiary/aromatic N) is 1. The molecule has 1 aromatic carbocycles. The molecule has 0 aliphatic heterocycles. The standard InChI is InChI=1S/C14H18N2O/c15-14(9-5-1-2-6-10-14)13-16-11-7-3-4-8-12(11)17-13/h3-4,7-8H,1-2,5-6,9-10,15H2. The van der Waals surface area contributed by atoms with E-state index in [0.29, 0.717) is 0 Å². The van der Waals surface area contributed by atoms with Gasteiger partial charge in [0.05, 0.1) is 5.54 Å². The van der Waals surface area contributed by atoms with Gasteiger partial charge in [-0.2, -0.15) is 0 Å². The smallest absolute Gasteiger partial charge is 0.215 e. The largest absolute Gasteiger partial charge is 0.439 e. The second-order valence-corrected chi connectivity index (χ2v) is 5.06. The summed E-state index contributed by atoms with van der Waals surface area (Å²) in [5, 5.41) is 0. The number of hydrogen-bond donors (Lipinski definition) is 1. The van der Waals surface area contributed by atoms with Gasteiger partial charge >= 0.3 is 0 Å². The molecule has 1 fully saturated rings. The molecule has 2 aromatic rings. The first-order valence-corrected chi connectivity index (χ1v) is 6.43. The Labute approximate surface area is 101 Å². The molecule has 0 saturated heterocycles. The second kappa shape index (κ2) is 4.15. The summed E-state index contributed by atoms with van der Waals surface area (Å²) in [4.78, 5) is 4.56. The Kier molecular flexibility index (Phi) is 2.63. The average Bonchev–Trinajstić information content (AvgIpc) is 2.66. The van der Waals surface area contributed by atoms with Crippen LogP contribution in [0.15, 0.2) is 28.7 Å². The Morgan fingerprint density at radius 1 is 1.06 bits per heavy atom. The first-order chi connectivity index (χ1) is 8.28. The predicted octanol–water partition coefficient (Wildman–Crippen LogP) is 3.34. The van der Waals surface area contributed by atoms with Crippen LogP contribution in [0.1, 0.15) is 44.4 Å². The Morgan fingerprint density at radius 2 is 1.76 bits per heavy atom. The maximum atomic E-state index is 6.49. The van der Waals surface area contributed by atoms with Crippen LogP contribution >= 0.6 is 0 Å². The fourth-order valence-corrected chi connectivity index (χ4v) is 2.66. The molecule has 1 aliphatic carbocycles. The zero-order valence-corrected chi connectivity index (χ0v) is 9.98. The first kappa shape index (κ1) is 10.8. The minimum Gasteiger partial charge on any atom is -0.439 e. The number of rotatable bonds is 1. The van der Waals surface area contributed by atoms with Crippen LogP contribution in [-0.4, -0.2) is 4.98 Å². The van der Waals surface area contributed by atoms with E-state index in [1.807, 2.05) is 24.3 Å². The summed E-state index contributed by atoms with van der Waals surface area (Å²) in [6, 6.07) is 7.87. The topological polar surface area (TPSA) is 52.0 Å². The van der Waals surface area contributed by atoms with Crippen molar-refractivity contribution in [2.75, 3.05) is 0 Å². The van der Waals surface area contributed by atoms with Crippen LogP contribution in [-0.2, 0) is 5.54 Å². The van der Waals surface area contributed by atoms with Gasteiger partial charge in [0.1, 0.15) is 5.52 Å². The zero-order chi connectivity index (χ0) is 11.7. The molecule has 0 atom stereocenters. The SMILES string of the molecule is NC1(c2nc3ccccc3o2)CCCCCC1. The van der Waals surface area contributed by atoms with E-state index in [1.54, 1.807) is 0 Å². The van der Waals surface area contributed by atoms with Gasteiger partial charge in [0.25, 0.3) is 0 Å². The summed E-state index contributed by atoms with van der Waals surface area (Å²) in [6.07, 6.45) is 6.88. The number of oxazole rings is 1. The van der Waals surface area contributed by atoms with Crippen molar-refractivity contribution >= 4 is 11.1 Å². The zero-order valence-electron chi connectivity index (χ0n) is 9.98. The second-order valence-electron chi connectivity index (χ2n) is 5.06. The van der Waals surface area contributed by atoms with Crippen LogP contribution in [0.5, 0.6) is 0 Å². The van der Waals surface area contributed by atoms with E-state index in [1.165, 1.54) is 25.7 Å². The van der Waals surface area contributed by atoms with E-state index in [2.05, 4.69) is 4.98 Å². The van der Waals surface area contributed by atoms with Crippen molar-refractivity contribution in [3.05, 3.63) is 30.2 Å². The monoisotopic (exact) mass is 230 g/mol. The van der Waals surface area contributed by atoms with Crippen molar-refractivity contribution in [3.8, 4) is 0 Å². The summed E-state index contributed by atoms with van der Waals surface area (Å²) in [6.45, 7) is 0. The van der Waals surface area contributed by atoms with Gasteiger partial charge in [0.15, 0.2) is 5.58 Å². The number of benzene rings is 1. The quantitative estimate of drug-likeness (QED) is 0.764. The van der Waals surface area contributed by atoms with E-state index in [-0.39, 0.29) is 5.54 Å². The molecule has 0 spiro atoms. The Hall–Kier alpha value is -1.35. The number of fused-ring (bicyclic) bond motifs is 1. The van der Waals surface area contributed by atoms with Gasteiger partial charge in [0, 0.05) is 0 Å². The van der Waals surface area contributed by atoms with Crippen LogP contribution in [0.3, 0.4) is 0 Å². The van der Waals surface area contributed by atoms with Crippen molar-refractivity contribution in [1.82, 2.24) is 4.98 Å². The van der Waals surface area contributed by atoms with Crippen molar-refractivity contribution in [1.29, 1.82) is 0 Å². The van der Waals surface area contributed by atoms with E-state index < -0.39 is 0 Å². The van der Waals surface area contributed by atoms with Crippen molar-refractivity contribution in [2.45, 2.75) is 44.1 Å². The third-order valence-corrected chi connectivity index (χ3v) is 3.72. The summed E-state index contributed by atoms with van der Waals surface area (Å²) < 4.78 is 5.83. The normalized spacial score (nSPS) is 20.3. The van der Waals surface area contributed by atoms with Gasteiger partial charge in [-0.05, 0) is 25.0 Å². The fraction of sp³-hybridized carbons (Fsp3) is 0.500. The molecule has 3 rings (SSSR count). The molecule has 3 nitrogen and oxygen atoms in total.